The van der Waals surface area contributed by atoms with E-state index in [0.29, 0.717) is 10.7 Å². The van der Waals surface area contributed by atoms with Crippen molar-refractivity contribution in [2.24, 2.45) is 11.1 Å². The van der Waals surface area contributed by atoms with E-state index in [9.17, 15) is 13.2 Å². The van der Waals surface area contributed by atoms with Crippen LogP contribution in [0.4, 0.5) is 5.88 Å². The van der Waals surface area contributed by atoms with Gasteiger partial charge in [0.05, 0.1) is 5.75 Å². The van der Waals surface area contributed by atoms with Crippen LogP contribution in [-0.4, -0.2) is 31.8 Å². The number of benzene rings is 1. The van der Waals surface area contributed by atoms with Gasteiger partial charge in [0.15, 0.2) is 0 Å². The number of nitrogens with zero attached hydrogens (tertiary/aromatic N) is 2. The SMILES string of the molecule is NS(=O)(=O)CC1CC(=O)N(c2cc(-c3ccc(Cl)cc3)no2)C1. The average molecular weight is 356 g/mol. The Kier molecular flexibility index (Phi) is 4.13. The lowest BCUT2D eigenvalue weighted by Crippen LogP contribution is -2.27. The van der Waals surface area contributed by atoms with Crippen LogP contribution in [0.25, 0.3) is 11.3 Å². The van der Waals surface area contributed by atoms with E-state index >= 15 is 0 Å². The fraction of sp³-hybridized carbons (Fsp3) is 0.286. The summed E-state index contributed by atoms with van der Waals surface area (Å²) >= 11 is 5.84. The van der Waals surface area contributed by atoms with Crippen molar-refractivity contribution in [1.82, 2.24) is 5.16 Å². The molecule has 1 saturated heterocycles. The zero-order chi connectivity index (χ0) is 16.6. The fourth-order valence-electron chi connectivity index (χ4n) is 2.58. The third-order valence-corrected chi connectivity index (χ3v) is 4.76. The quantitative estimate of drug-likeness (QED) is 0.897. The molecule has 1 aliphatic heterocycles. The number of aromatic nitrogens is 1. The maximum Gasteiger partial charge on any atom is 0.234 e. The van der Waals surface area contributed by atoms with Gasteiger partial charge >= 0.3 is 0 Å². The molecule has 0 radical (unpaired) electrons. The first kappa shape index (κ1) is 16.0. The second-order valence-electron chi connectivity index (χ2n) is 5.46. The molecule has 1 aromatic heterocycles. The van der Waals surface area contributed by atoms with E-state index in [0.717, 1.165) is 5.56 Å². The van der Waals surface area contributed by atoms with Gasteiger partial charge in [-0.1, -0.05) is 28.9 Å². The van der Waals surface area contributed by atoms with Gasteiger partial charge in [-0.15, -0.1) is 0 Å². The summed E-state index contributed by atoms with van der Waals surface area (Å²) in [5.74, 6) is -0.496. The molecule has 1 aromatic carbocycles. The topological polar surface area (TPSA) is 106 Å². The van der Waals surface area contributed by atoms with Crippen LogP contribution in [0.15, 0.2) is 34.9 Å². The van der Waals surface area contributed by atoms with Gasteiger partial charge in [0.25, 0.3) is 0 Å². The smallest absolute Gasteiger partial charge is 0.234 e. The van der Waals surface area contributed by atoms with Crippen LogP contribution in [0.5, 0.6) is 0 Å². The van der Waals surface area contributed by atoms with Crippen molar-refractivity contribution in [2.75, 3.05) is 17.2 Å². The molecule has 7 nitrogen and oxygen atoms in total. The maximum absolute atomic E-state index is 12.0. The summed E-state index contributed by atoms with van der Waals surface area (Å²) < 4.78 is 27.5. The molecule has 23 heavy (non-hydrogen) atoms. The number of rotatable bonds is 4. The molecule has 0 bridgehead atoms. The first-order chi connectivity index (χ1) is 10.8. The highest BCUT2D eigenvalue weighted by Crippen LogP contribution is 2.29. The summed E-state index contributed by atoms with van der Waals surface area (Å²) in [6.07, 6.45) is 0.118. The van der Waals surface area contributed by atoms with Gasteiger partial charge in [-0.2, -0.15) is 0 Å². The van der Waals surface area contributed by atoms with Crippen molar-refractivity contribution in [1.29, 1.82) is 0 Å². The summed E-state index contributed by atoms with van der Waals surface area (Å²) in [5.41, 5.74) is 1.37. The molecule has 9 heteroatoms. The minimum absolute atomic E-state index is 0.118. The van der Waals surface area contributed by atoms with Crippen LogP contribution in [0.1, 0.15) is 6.42 Å². The highest BCUT2D eigenvalue weighted by Gasteiger charge is 2.34. The van der Waals surface area contributed by atoms with E-state index in [4.69, 9.17) is 21.3 Å². The molecule has 122 valence electrons. The van der Waals surface area contributed by atoms with E-state index in [-0.39, 0.29) is 36.4 Å². The molecule has 1 fully saturated rings. The summed E-state index contributed by atoms with van der Waals surface area (Å²) in [6, 6.07) is 8.68. The molecule has 1 amide bonds. The summed E-state index contributed by atoms with van der Waals surface area (Å²) in [6.45, 7) is 0.241. The van der Waals surface area contributed by atoms with Crippen molar-refractivity contribution in [3.05, 3.63) is 35.4 Å². The maximum atomic E-state index is 12.0. The lowest BCUT2D eigenvalue weighted by Gasteiger charge is -2.11. The van der Waals surface area contributed by atoms with Crippen molar-refractivity contribution in [3.8, 4) is 11.3 Å². The Labute approximate surface area is 138 Å². The zero-order valence-electron chi connectivity index (χ0n) is 12.0. The fourth-order valence-corrected chi connectivity index (χ4v) is 3.59. The Morgan fingerprint density at radius 3 is 2.70 bits per heavy atom. The third kappa shape index (κ3) is 3.72. The molecule has 1 unspecified atom stereocenters. The molecule has 1 atom stereocenters. The van der Waals surface area contributed by atoms with E-state index in [1.165, 1.54) is 4.90 Å². The minimum atomic E-state index is -3.62. The predicted molar refractivity (Wildman–Crippen MR) is 85.4 cm³/mol. The second-order valence-corrected chi connectivity index (χ2v) is 7.56. The van der Waals surface area contributed by atoms with Gasteiger partial charge < -0.3 is 4.52 Å². The highest BCUT2D eigenvalue weighted by molar-refractivity contribution is 7.89. The van der Waals surface area contributed by atoms with Crippen LogP contribution in [0.2, 0.25) is 5.02 Å². The number of halogens is 1. The summed E-state index contributed by atoms with van der Waals surface area (Å²) in [7, 11) is -3.62. The Hall–Kier alpha value is -1.90. The summed E-state index contributed by atoms with van der Waals surface area (Å²) in [5, 5.41) is 9.58. The normalized spacial score (nSPS) is 18.6. The lowest BCUT2D eigenvalue weighted by molar-refractivity contribution is -0.117. The molecule has 2 aromatic rings. The number of carbonyl (C=O) groups is 1. The highest BCUT2D eigenvalue weighted by atomic mass is 35.5. The second kappa shape index (κ2) is 5.95. The van der Waals surface area contributed by atoms with E-state index in [2.05, 4.69) is 5.16 Å². The number of hydrogen-bond acceptors (Lipinski definition) is 5. The lowest BCUT2D eigenvalue weighted by atomic mass is 10.1. The minimum Gasteiger partial charge on any atom is -0.338 e. The Morgan fingerprint density at radius 2 is 2.04 bits per heavy atom. The molecular weight excluding hydrogens is 342 g/mol. The number of nitrogens with two attached hydrogens (primary N) is 1. The van der Waals surface area contributed by atoms with Crippen LogP contribution in [0.3, 0.4) is 0 Å². The number of sulfonamides is 1. The van der Waals surface area contributed by atoms with E-state index in [1.807, 2.05) is 0 Å². The van der Waals surface area contributed by atoms with Crippen LogP contribution >= 0.6 is 11.6 Å². The standard InChI is InChI=1S/C14H14ClN3O4S/c15-11-3-1-10(2-4-11)12-6-14(22-17-12)18-7-9(5-13(18)19)8-23(16,20)21/h1-4,6,9H,5,7-8H2,(H2,16,20,21). The molecular formula is C14H14ClN3O4S. The predicted octanol–water partition coefficient (Wildman–Crippen LogP) is 1.64. The summed E-state index contributed by atoms with van der Waals surface area (Å²) in [4.78, 5) is 13.4. The van der Waals surface area contributed by atoms with Crippen molar-refractivity contribution in [2.45, 2.75) is 6.42 Å². The van der Waals surface area contributed by atoms with Crippen molar-refractivity contribution < 1.29 is 17.7 Å². The van der Waals surface area contributed by atoms with Gasteiger partial charge in [0.1, 0.15) is 5.69 Å². The number of carbonyl (C=O) groups excluding carboxylic acids is 1. The number of primary sulfonamides is 1. The van der Waals surface area contributed by atoms with E-state index in [1.54, 1.807) is 30.3 Å². The Morgan fingerprint density at radius 1 is 1.35 bits per heavy atom. The number of amides is 1. The molecule has 2 N–H and O–H groups in total. The molecule has 3 rings (SSSR count). The Balaban J connectivity index is 1.78. The van der Waals surface area contributed by atoms with Gasteiger partial charge in [0.2, 0.25) is 21.8 Å². The largest absolute Gasteiger partial charge is 0.338 e. The van der Waals surface area contributed by atoms with Crippen LogP contribution < -0.4 is 10.0 Å². The Bertz CT molecular complexity index is 832. The van der Waals surface area contributed by atoms with Gasteiger partial charge in [-0.3, -0.25) is 9.69 Å². The molecule has 0 aliphatic carbocycles. The first-order valence-electron chi connectivity index (χ1n) is 6.85. The molecule has 1 aliphatic rings. The van der Waals surface area contributed by atoms with Crippen molar-refractivity contribution in [3.63, 3.8) is 0 Å². The molecule has 0 saturated carbocycles. The van der Waals surface area contributed by atoms with Gasteiger partial charge in [-0.25, -0.2) is 13.6 Å². The van der Waals surface area contributed by atoms with Crippen molar-refractivity contribution >= 4 is 33.4 Å². The molecule has 0 spiro atoms. The third-order valence-electron chi connectivity index (χ3n) is 3.58. The number of anilines is 1. The molecule has 2 heterocycles. The monoisotopic (exact) mass is 355 g/mol. The van der Waals surface area contributed by atoms with E-state index < -0.39 is 10.0 Å². The number of hydrogen-bond donors (Lipinski definition) is 1. The first-order valence-corrected chi connectivity index (χ1v) is 8.94. The van der Waals surface area contributed by atoms with Crippen LogP contribution in [-0.2, 0) is 14.8 Å². The van der Waals surface area contributed by atoms with Gasteiger partial charge in [-0.05, 0) is 12.1 Å². The average Bonchev–Trinajstić information content (AvgIpc) is 3.04. The zero-order valence-corrected chi connectivity index (χ0v) is 13.5. The van der Waals surface area contributed by atoms with Gasteiger partial charge in [0, 0.05) is 35.5 Å². The van der Waals surface area contributed by atoms with Crippen LogP contribution in [0, 0.1) is 5.92 Å².